The highest BCUT2D eigenvalue weighted by atomic mass is 32.2. The molecule has 0 aliphatic carbocycles. The van der Waals surface area contributed by atoms with Crippen LogP contribution >= 0.6 is 23.1 Å². The molecule has 8 heteroatoms. The summed E-state index contributed by atoms with van der Waals surface area (Å²) >= 11 is 2.91. The Kier molecular flexibility index (Phi) is 5.23. The molecule has 0 radical (unpaired) electrons. The molecule has 1 heterocycles. The van der Waals surface area contributed by atoms with Gasteiger partial charge >= 0.3 is 0 Å². The average molecular weight is 273 g/mol. The first-order valence-electron chi connectivity index (χ1n) is 4.88. The minimum atomic E-state index is -0.334. The van der Waals surface area contributed by atoms with E-state index in [0.29, 0.717) is 5.75 Å². The van der Waals surface area contributed by atoms with Crippen LogP contribution < -0.4 is 17.2 Å². The number of aliphatic imine (C=N–C) groups is 1. The van der Waals surface area contributed by atoms with E-state index in [-0.39, 0.29) is 23.2 Å². The van der Waals surface area contributed by atoms with Crippen LogP contribution in [-0.4, -0.2) is 22.6 Å². The summed E-state index contributed by atoms with van der Waals surface area (Å²) in [5, 5.41) is 1.59. The van der Waals surface area contributed by atoms with E-state index in [9.17, 15) is 4.79 Å². The Morgan fingerprint density at radius 1 is 1.59 bits per heavy atom. The number of primary amides is 1. The molecular weight excluding hydrogens is 258 g/mol. The predicted octanol–water partition coefficient (Wildman–Crippen LogP) is 0.270. The normalized spacial score (nSPS) is 13.9. The minimum absolute atomic E-state index is 0.00206. The third-order valence-electron chi connectivity index (χ3n) is 1.96. The molecule has 0 aromatic carbocycles. The van der Waals surface area contributed by atoms with E-state index in [4.69, 9.17) is 17.2 Å². The van der Waals surface area contributed by atoms with Crippen molar-refractivity contribution in [3.8, 4) is 0 Å². The maximum absolute atomic E-state index is 10.9. The summed E-state index contributed by atoms with van der Waals surface area (Å²) in [5.74, 6) is -0.00862. The molecule has 2 atom stereocenters. The van der Waals surface area contributed by atoms with E-state index < -0.39 is 0 Å². The number of hydrogen-bond acceptors (Lipinski definition) is 5. The van der Waals surface area contributed by atoms with Crippen molar-refractivity contribution in [3.05, 3.63) is 16.6 Å². The van der Waals surface area contributed by atoms with Crippen molar-refractivity contribution in [1.29, 1.82) is 0 Å². The molecule has 0 fully saturated rings. The number of rotatable bonds is 6. The van der Waals surface area contributed by atoms with E-state index in [0.717, 1.165) is 5.69 Å². The molecule has 94 valence electrons. The van der Waals surface area contributed by atoms with Gasteiger partial charge < -0.3 is 17.2 Å². The van der Waals surface area contributed by atoms with Gasteiger partial charge in [-0.25, -0.2) is 9.98 Å². The first-order chi connectivity index (χ1) is 8.00. The maximum atomic E-state index is 10.9. The van der Waals surface area contributed by atoms with Gasteiger partial charge in [0.15, 0.2) is 5.96 Å². The van der Waals surface area contributed by atoms with Crippen LogP contribution in [0.25, 0.3) is 0 Å². The van der Waals surface area contributed by atoms with Crippen molar-refractivity contribution in [1.82, 2.24) is 4.98 Å². The number of nitrogens with two attached hydrogens (primary N) is 3. The van der Waals surface area contributed by atoms with Crippen LogP contribution in [0.5, 0.6) is 0 Å². The molecule has 0 aliphatic heterocycles. The first-order valence-corrected chi connectivity index (χ1v) is 6.87. The molecule has 0 saturated carbocycles. The van der Waals surface area contributed by atoms with Crippen molar-refractivity contribution in [2.75, 3.05) is 5.75 Å². The molecule has 0 spiro atoms. The largest absolute Gasteiger partial charge is 0.370 e. The van der Waals surface area contributed by atoms with Crippen LogP contribution in [0, 0.1) is 5.92 Å². The summed E-state index contributed by atoms with van der Waals surface area (Å²) < 4.78 is 0. The van der Waals surface area contributed by atoms with Crippen LogP contribution in [0.4, 0.5) is 0 Å². The van der Waals surface area contributed by atoms with Crippen LogP contribution in [0.2, 0.25) is 0 Å². The van der Waals surface area contributed by atoms with Gasteiger partial charge in [0.1, 0.15) is 5.37 Å². The van der Waals surface area contributed by atoms with Crippen LogP contribution in [0.1, 0.15) is 18.0 Å². The molecular formula is C9H15N5OS2. The number of aromatic nitrogens is 1. The molecule has 6 N–H and O–H groups in total. The Balaban J connectivity index is 2.66. The van der Waals surface area contributed by atoms with Crippen molar-refractivity contribution in [2.45, 2.75) is 12.3 Å². The van der Waals surface area contributed by atoms with Gasteiger partial charge in [-0.05, 0) is 0 Å². The fraction of sp³-hybridized carbons (Fsp3) is 0.444. The van der Waals surface area contributed by atoms with Gasteiger partial charge in [0.25, 0.3) is 0 Å². The number of thiazole rings is 1. The smallest absolute Gasteiger partial charge is 0.221 e. The van der Waals surface area contributed by atoms with E-state index in [2.05, 4.69) is 9.98 Å². The van der Waals surface area contributed by atoms with Gasteiger partial charge in [-0.1, -0.05) is 6.92 Å². The van der Waals surface area contributed by atoms with Crippen LogP contribution in [0.15, 0.2) is 15.9 Å². The zero-order chi connectivity index (χ0) is 12.8. The van der Waals surface area contributed by atoms with E-state index in [1.807, 2.05) is 5.38 Å². The number of guanidine groups is 1. The Hall–Kier alpha value is -1.28. The Labute approximate surface area is 108 Å². The van der Waals surface area contributed by atoms with E-state index in [1.165, 1.54) is 23.1 Å². The van der Waals surface area contributed by atoms with Gasteiger partial charge in [-0.3, -0.25) is 4.79 Å². The van der Waals surface area contributed by atoms with Crippen molar-refractivity contribution < 1.29 is 4.79 Å². The molecule has 0 saturated heterocycles. The van der Waals surface area contributed by atoms with E-state index >= 15 is 0 Å². The topological polar surface area (TPSA) is 120 Å². The number of amides is 1. The minimum Gasteiger partial charge on any atom is -0.370 e. The predicted molar refractivity (Wildman–Crippen MR) is 71.5 cm³/mol. The highest BCUT2D eigenvalue weighted by Gasteiger charge is 2.17. The molecule has 1 rings (SSSR count). The second kappa shape index (κ2) is 6.45. The van der Waals surface area contributed by atoms with Gasteiger partial charge in [-0.2, -0.15) is 0 Å². The number of nitrogens with zero attached hydrogens (tertiary/aromatic N) is 2. The number of carbonyl (C=O) groups excluding carboxylic acids is 1. The molecule has 0 bridgehead atoms. The highest BCUT2D eigenvalue weighted by Crippen LogP contribution is 2.31. The van der Waals surface area contributed by atoms with Crippen LogP contribution in [0.3, 0.4) is 0 Å². The average Bonchev–Trinajstić information content (AvgIpc) is 2.76. The van der Waals surface area contributed by atoms with Crippen LogP contribution in [-0.2, 0) is 4.79 Å². The fourth-order valence-corrected chi connectivity index (χ4v) is 2.78. The number of thioether (sulfide) groups is 1. The third kappa shape index (κ3) is 4.61. The first kappa shape index (κ1) is 13.8. The molecule has 1 aromatic heterocycles. The molecule has 0 aliphatic rings. The third-order valence-corrected chi connectivity index (χ3v) is 3.92. The van der Waals surface area contributed by atoms with Crippen molar-refractivity contribution in [3.63, 3.8) is 0 Å². The second-order valence-electron chi connectivity index (χ2n) is 3.46. The summed E-state index contributed by atoms with van der Waals surface area (Å²) in [5.41, 5.74) is 18.4. The Bertz CT molecular complexity index is 388. The molecule has 17 heavy (non-hydrogen) atoms. The summed E-state index contributed by atoms with van der Waals surface area (Å²) in [6.07, 6.45) is 0. The summed E-state index contributed by atoms with van der Waals surface area (Å²) in [7, 11) is 0. The standard InChI is InChI=1S/C9H15N5OS2/c1-5(7(10)15)2-17-8(14-9(11)12)6-3-16-4-13-6/h3-5,8H,2H2,1H3,(H2,10,15)(H4,11,12,14). The molecule has 1 aromatic rings. The summed E-state index contributed by atoms with van der Waals surface area (Å²) in [6.45, 7) is 1.77. The monoisotopic (exact) mass is 273 g/mol. The molecule has 2 unspecified atom stereocenters. The lowest BCUT2D eigenvalue weighted by molar-refractivity contribution is -0.120. The van der Waals surface area contributed by atoms with Gasteiger partial charge in [-0.15, -0.1) is 23.1 Å². The fourth-order valence-electron chi connectivity index (χ4n) is 0.986. The summed E-state index contributed by atoms with van der Waals surface area (Å²) in [6, 6.07) is 0. The SMILES string of the molecule is CC(CSC(N=C(N)N)c1cscn1)C(N)=O. The zero-order valence-electron chi connectivity index (χ0n) is 9.37. The highest BCUT2D eigenvalue weighted by molar-refractivity contribution is 7.99. The van der Waals surface area contributed by atoms with Crippen molar-refractivity contribution >= 4 is 35.0 Å². The Morgan fingerprint density at radius 3 is 2.76 bits per heavy atom. The summed E-state index contributed by atoms with van der Waals surface area (Å²) in [4.78, 5) is 19.2. The van der Waals surface area contributed by atoms with Gasteiger partial charge in [0.2, 0.25) is 5.91 Å². The zero-order valence-corrected chi connectivity index (χ0v) is 11.0. The van der Waals surface area contributed by atoms with E-state index in [1.54, 1.807) is 12.4 Å². The van der Waals surface area contributed by atoms with Crippen molar-refractivity contribution in [2.24, 2.45) is 28.1 Å². The maximum Gasteiger partial charge on any atom is 0.221 e. The quantitative estimate of drug-likeness (QED) is 0.507. The molecule has 1 amide bonds. The second-order valence-corrected chi connectivity index (χ2v) is 5.29. The Morgan fingerprint density at radius 2 is 2.29 bits per heavy atom. The lowest BCUT2D eigenvalue weighted by Crippen LogP contribution is -2.24. The molecule has 6 nitrogen and oxygen atoms in total. The number of hydrogen-bond donors (Lipinski definition) is 3. The van der Waals surface area contributed by atoms with Gasteiger partial charge in [0, 0.05) is 17.1 Å². The lowest BCUT2D eigenvalue weighted by atomic mass is 10.2. The van der Waals surface area contributed by atoms with Gasteiger partial charge in [0.05, 0.1) is 11.2 Å². The lowest BCUT2D eigenvalue weighted by Gasteiger charge is -2.12. The number of carbonyl (C=O) groups is 1.